The van der Waals surface area contributed by atoms with Crippen LogP contribution >= 0.6 is 22.9 Å². The maximum absolute atomic E-state index is 12.4. The molecule has 0 saturated carbocycles. The summed E-state index contributed by atoms with van der Waals surface area (Å²) in [6.45, 7) is 3.39. The zero-order valence-electron chi connectivity index (χ0n) is 14.2. The molecule has 0 bridgehead atoms. The number of hydrogen-bond acceptors (Lipinski definition) is 4. The Balaban J connectivity index is 1.74. The summed E-state index contributed by atoms with van der Waals surface area (Å²) in [5.41, 5.74) is 2.90. The number of benzene rings is 2. The molecule has 1 heterocycles. The van der Waals surface area contributed by atoms with Crippen molar-refractivity contribution in [2.24, 2.45) is 0 Å². The van der Waals surface area contributed by atoms with Gasteiger partial charge in [-0.15, -0.1) is 11.3 Å². The SMILES string of the molecule is CC(=O)Nc1ccc(C(=O)Nc2nc(-c3ccc(Cl)cc3)c(C)s2)cc1. The first kappa shape index (κ1) is 18.1. The van der Waals surface area contributed by atoms with Crippen LogP contribution < -0.4 is 10.6 Å². The van der Waals surface area contributed by atoms with Crippen molar-refractivity contribution in [2.45, 2.75) is 13.8 Å². The average Bonchev–Trinajstić information content (AvgIpc) is 2.96. The number of aromatic nitrogens is 1. The van der Waals surface area contributed by atoms with Crippen molar-refractivity contribution in [1.29, 1.82) is 0 Å². The quantitative estimate of drug-likeness (QED) is 0.665. The molecule has 0 atom stereocenters. The van der Waals surface area contributed by atoms with Gasteiger partial charge in [0, 0.05) is 33.6 Å². The molecule has 0 unspecified atom stereocenters. The van der Waals surface area contributed by atoms with Crippen LogP contribution in [0.1, 0.15) is 22.2 Å². The Labute approximate surface area is 160 Å². The third kappa shape index (κ3) is 4.28. The molecule has 0 fully saturated rings. The lowest BCUT2D eigenvalue weighted by atomic mass is 10.1. The molecule has 2 aromatic carbocycles. The van der Waals surface area contributed by atoms with Gasteiger partial charge in [-0.25, -0.2) is 4.98 Å². The van der Waals surface area contributed by atoms with Gasteiger partial charge in [0.15, 0.2) is 5.13 Å². The molecule has 0 aliphatic heterocycles. The Bertz CT molecular complexity index is 950. The Morgan fingerprint density at radius 1 is 1.00 bits per heavy atom. The van der Waals surface area contributed by atoms with Crippen LogP contribution in [0, 0.1) is 6.92 Å². The van der Waals surface area contributed by atoms with Crippen LogP contribution in [-0.4, -0.2) is 16.8 Å². The fourth-order valence-corrected chi connectivity index (χ4v) is 3.36. The van der Waals surface area contributed by atoms with Gasteiger partial charge in [-0.3, -0.25) is 14.9 Å². The first-order valence-corrected chi connectivity index (χ1v) is 9.04. The molecule has 0 aliphatic rings. The van der Waals surface area contributed by atoms with E-state index >= 15 is 0 Å². The molecule has 26 heavy (non-hydrogen) atoms. The van der Waals surface area contributed by atoms with Gasteiger partial charge >= 0.3 is 0 Å². The number of hydrogen-bond donors (Lipinski definition) is 2. The van der Waals surface area contributed by atoms with Crippen LogP contribution in [0.3, 0.4) is 0 Å². The molecule has 5 nitrogen and oxygen atoms in total. The zero-order valence-corrected chi connectivity index (χ0v) is 15.7. The van der Waals surface area contributed by atoms with Crippen molar-refractivity contribution >= 4 is 45.6 Å². The van der Waals surface area contributed by atoms with Crippen molar-refractivity contribution < 1.29 is 9.59 Å². The molecule has 0 aliphatic carbocycles. The summed E-state index contributed by atoms with van der Waals surface area (Å²) in [7, 11) is 0. The van der Waals surface area contributed by atoms with Gasteiger partial charge in [0.05, 0.1) is 5.69 Å². The Kier molecular flexibility index (Phi) is 5.35. The van der Waals surface area contributed by atoms with Gasteiger partial charge in [-0.1, -0.05) is 23.7 Å². The van der Waals surface area contributed by atoms with Crippen LogP contribution in [-0.2, 0) is 4.79 Å². The predicted molar refractivity (Wildman–Crippen MR) is 106 cm³/mol. The zero-order chi connectivity index (χ0) is 18.7. The van der Waals surface area contributed by atoms with Gasteiger partial charge in [0.1, 0.15) is 0 Å². The normalized spacial score (nSPS) is 10.4. The maximum Gasteiger partial charge on any atom is 0.257 e. The lowest BCUT2D eigenvalue weighted by Crippen LogP contribution is -2.12. The van der Waals surface area contributed by atoms with Crippen molar-refractivity contribution in [3.8, 4) is 11.3 Å². The minimum absolute atomic E-state index is 0.157. The molecule has 2 amide bonds. The standard InChI is InChI=1S/C19H16ClN3O2S/c1-11-17(13-3-7-15(20)8-4-13)22-19(26-11)23-18(25)14-5-9-16(10-6-14)21-12(2)24/h3-10H,1-2H3,(H,21,24)(H,22,23,25). The summed E-state index contributed by atoms with van der Waals surface area (Å²) in [5.74, 6) is -0.411. The highest BCUT2D eigenvalue weighted by Crippen LogP contribution is 2.31. The van der Waals surface area contributed by atoms with E-state index in [0.717, 1.165) is 16.1 Å². The second-order valence-corrected chi connectivity index (χ2v) is 7.28. The van der Waals surface area contributed by atoms with Gasteiger partial charge in [0.25, 0.3) is 5.91 Å². The van der Waals surface area contributed by atoms with E-state index in [1.54, 1.807) is 24.3 Å². The van der Waals surface area contributed by atoms with Gasteiger partial charge in [-0.2, -0.15) is 0 Å². The molecule has 3 rings (SSSR count). The van der Waals surface area contributed by atoms with E-state index < -0.39 is 0 Å². The van der Waals surface area contributed by atoms with E-state index in [0.29, 0.717) is 21.4 Å². The Hall–Kier alpha value is -2.70. The van der Waals surface area contributed by atoms with Gasteiger partial charge < -0.3 is 5.32 Å². The molecule has 132 valence electrons. The number of anilines is 2. The molecule has 0 spiro atoms. The maximum atomic E-state index is 12.4. The van der Waals surface area contributed by atoms with Crippen LogP contribution in [0.15, 0.2) is 48.5 Å². The van der Waals surface area contributed by atoms with Gasteiger partial charge in [0.2, 0.25) is 5.91 Å². The van der Waals surface area contributed by atoms with Crippen LogP contribution in [0.2, 0.25) is 5.02 Å². The minimum Gasteiger partial charge on any atom is -0.326 e. The van der Waals surface area contributed by atoms with Crippen molar-refractivity contribution in [3.63, 3.8) is 0 Å². The first-order valence-electron chi connectivity index (χ1n) is 7.85. The number of aryl methyl sites for hydroxylation is 1. The topological polar surface area (TPSA) is 71.1 Å². The number of amides is 2. The van der Waals surface area contributed by atoms with E-state index in [2.05, 4.69) is 15.6 Å². The molecular weight excluding hydrogens is 370 g/mol. The number of rotatable bonds is 4. The number of carbonyl (C=O) groups is 2. The van der Waals surface area contributed by atoms with E-state index in [-0.39, 0.29) is 11.8 Å². The van der Waals surface area contributed by atoms with Crippen molar-refractivity contribution in [3.05, 3.63) is 64.0 Å². The van der Waals surface area contributed by atoms with E-state index in [1.807, 2.05) is 31.2 Å². The summed E-state index contributed by atoms with van der Waals surface area (Å²) >= 11 is 7.34. The number of nitrogens with zero attached hydrogens (tertiary/aromatic N) is 1. The number of halogens is 1. The summed E-state index contributed by atoms with van der Waals surface area (Å²) in [6, 6.07) is 14.1. The first-order chi connectivity index (χ1) is 12.4. The third-order valence-electron chi connectivity index (χ3n) is 3.60. The molecule has 1 aromatic heterocycles. The monoisotopic (exact) mass is 385 g/mol. The van der Waals surface area contributed by atoms with Crippen LogP contribution in [0.5, 0.6) is 0 Å². The van der Waals surface area contributed by atoms with Gasteiger partial charge in [-0.05, 0) is 43.3 Å². The van der Waals surface area contributed by atoms with Crippen LogP contribution in [0.25, 0.3) is 11.3 Å². The lowest BCUT2D eigenvalue weighted by Gasteiger charge is -2.04. The summed E-state index contributed by atoms with van der Waals surface area (Å²) in [6.07, 6.45) is 0. The van der Waals surface area contributed by atoms with E-state index in [1.165, 1.54) is 18.3 Å². The van der Waals surface area contributed by atoms with E-state index in [9.17, 15) is 9.59 Å². The van der Waals surface area contributed by atoms with Crippen molar-refractivity contribution in [1.82, 2.24) is 4.98 Å². The lowest BCUT2D eigenvalue weighted by molar-refractivity contribution is -0.114. The number of carbonyl (C=O) groups excluding carboxylic acids is 2. The molecule has 7 heteroatoms. The molecule has 0 radical (unpaired) electrons. The number of thiazole rings is 1. The molecule has 3 aromatic rings. The van der Waals surface area contributed by atoms with E-state index in [4.69, 9.17) is 11.6 Å². The van der Waals surface area contributed by atoms with Crippen molar-refractivity contribution in [2.75, 3.05) is 10.6 Å². The molecule has 2 N–H and O–H groups in total. The predicted octanol–water partition coefficient (Wildman–Crippen LogP) is 4.98. The molecule has 0 saturated heterocycles. The summed E-state index contributed by atoms with van der Waals surface area (Å²) in [4.78, 5) is 29.0. The Morgan fingerprint density at radius 2 is 1.65 bits per heavy atom. The average molecular weight is 386 g/mol. The largest absolute Gasteiger partial charge is 0.326 e. The second-order valence-electron chi connectivity index (χ2n) is 5.64. The number of nitrogens with one attached hydrogen (secondary N) is 2. The second kappa shape index (κ2) is 7.68. The fraction of sp³-hybridized carbons (Fsp3) is 0.105. The summed E-state index contributed by atoms with van der Waals surface area (Å²) in [5, 5.41) is 6.67. The smallest absolute Gasteiger partial charge is 0.257 e. The molecular formula is C19H16ClN3O2S. The minimum atomic E-state index is -0.254. The highest BCUT2D eigenvalue weighted by molar-refractivity contribution is 7.16. The highest BCUT2D eigenvalue weighted by atomic mass is 35.5. The fourth-order valence-electron chi connectivity index (χ4n) is 2.40. The van der Waals surface area contributed by atoms with Crippen LogP contribution in [0.4, 0.5) is 10.8 Å². The highest BCUT2D eigenvalue weighted by Gasteiger charge is 2.13. The third-order valence-corrected chi connectivity index (χ3v) is 4.74. The summed E-state index contributed by atoms with van der Waals surface area (Å²) < 4.78 is 0. The Morgan fingerprint density at radius 3 is 2.27 bits per heavy atom.